The minimum atomic E-state index is -1.66. The van der Waals surface area contributed by atoms with Gasteiger partial charge >= 0.3 is 11.9 Å². The normalized spacial score (nSPS) is 45.3. The largest absolute Gasteiger partial charge is 0.481 e. The molecule has 1 saturated heterocycles. The van der Waals surface area contributed by atoms with Crippen LogP contribution in [0.5, 0.6) is 0 Å². The molecule has 1 spiro atoms. The number of ether oxygens (including phenoxy) is 5. The van der Waals surface area contributed by atoms with E-state index in [4.69, 9.17) is 28.8 Å². The van der Waals surface area contributed by atoms with Crippen molar-refractivity contribution in [2.75, 3.05) is 53.5 Å². The topological polar surface area (TPSA) is 194 Å². The van der Waals surface area contributed by atoms with Gasteiger partial charge in [0.05, 0.1) is 54.7 Å². The predicted octanol–water partition coefficient (Wildman–Crippen LogP) is 1.30. The quantitative estimate of drug-likeness (QED) is 0.195. The number of para-hydroxylation sites is 1. The number of carboxylic acids is 1. The molecule has 5 aliphatic carbocycles. The van der Waals surface area contributed by atoms with Gasteiger partial charge in [-0.25, -0.2) is 4.79 Å². The summed E-state index contributed by atoms with van der Waals surface area (Å²) < 4.78 is 31.1. The number of aliphatic carboxylic acids is 1. The maximum absolute atomic E-state index is 13.9. The van der Waals surface area contributed by atoms with E-state index in [1.165, 1.54) is 28.3 Å². The van der Waals surface area contributed by atoms with Crippen LogP contribution < -0.4 is 5.32 Å². The molecule has 0 radical (unpaired) electrons. The van der Waals surface area contributed by atoms with Gasteiger partial charge < -0.3 is 49.4 Å². The van der Waals surface area contributed by atoms with Gasteiger partial charge in [-0.2, -0.15) is 0 Å². The number of anilines is 1. The van der Waals surface area contributed by atoms with E-state index in [0.29, 0.717) is 25.9 Å². The number of aliphatic hydroxyl groups excluding tert-OH is 1. The number of hydrogen-bond donors (Lipinski definition) is 5. The highest BCUT2D eigenvalue weighted by atomic mass is 16.5. The molecule has 51 heavy (non-hydrogen) atoms. The number of nitrogens with zero attached hydrogens (tertiary/aromatic N) is 1. The van der Waals surface area contributed by atoms with Crippen LogP contribution in [0.4, 0.5) is 5.69 Å². The lowest BCUT2D eigenvalue weighted by Gasteiger charge is -2.70. The van der Waals surface area contributed by atoms with E-state index in [0.717, 1.165) is 0 Å². The monoisotopic (exact) mass is 716 g/mol. The molecule has 6 aliphatic rings. The number of fused-ring (bicyclic) bond motifs is 2. The number of carbonyl (C=O) groups excluding carboxylic acids is 2. The van der Waals surface area contributed by atoms with Crippen molar-refractivity contribution in [2.24, 2.45) is 34.5 Å². The second-order valence-corrected chi connectivity index (χ2v) is 16.0. The zero-order valence-electron chi connectivity index (χ0n) is 30.2. The van der Waals surface area contributed by atoms with Crippen LogP contribution >= 0.6 is 0 Å². The van der Waals surface area contributed by atoms with Gasteiger partial charge in [-0.05, 0) is 43.9 Å². The first-order chi connectivity index (χ1) is 24.2. The summed E-state index contributed by atoms with van der Waals surface area (Å²) in [7, 11) is 6.25. The fourth-order valence-electron chi connectivity index (χ4n) is 12.8. The molecule has 1 heterocycles. The number of rotatable bonds is 12. The van der Waals surface area contributed by atoms with E-state index < -0.39 is 87.6 Å². The van der Waals surface area contributed by atoms with Gasteiger partial charge in [0, 0.05) is 70.0 Å². The number of likely N-dealkylation sites (N-methyl/N-ethyl adjacent to an activating group) is 1. The molecular formula is C37H52N2O12. The van der Waals surface area contributed by atoms with Crippen LogP contribution in [0.25, 0.3) is 0 Å². The number of hydrogen-bond acceptors (Lipinski definition) is 12. The van der Waals surface area contributed by atoms with Gasteiger partial charge in [-0.15, -0.1) is 0 Å². The number of methoxy groups -OCH3 is 4. The van der Waals surface area contributed by atoms with Gasteiger partial charge in [0.15, 0.2) is 0 Å². The lowest BCUT2D eigenvalue weighted by molar-refractivity contribution is -0.332. The van der Waals surface area contributed by atoms with Gasteiger partial charge in [-0.3, -0.25) is 14.5 Å². The highest BCUT2D eigenvalue weighted by Gasteiger charge is 2.93. The number of benzene rings is 1. The van der Waals surface area contributed by atoms with Gasteiger partial charge in [0.25, 0.3) is 0 Å². The Balaban J connectivity index is 1.30. The summed E-state index contributed by atoms with van der Waals surface area (Å²) in [5, 5.41) is 50.4. The molecule has 282 valence electrons. The number of carbonyl (C=O) groups is 3. The smallest absolute Gasteiger partial charge is 0.340 e. The molecule has 6 fully saturated rings. The molecule has 1 aromatic carbocycles. The van der Waals surface area contributed by atoms with Crippen molar-refractivity contribution in [1.29, 1.82) is 0 Å². The maximum atomic E-state index is 13.9. The van der Waals surface area contributed by atoms with Crippen molar-refractivity contribution in [1.82, 2.24) is 4.90 Å². The number of piperidine rings is 1. The van der Waals surface area contributed by atoms with Crippen molar-refractivity contribution >= 4 is 23.5 Å². The van der Waals surface area contributed by atoms with Crippen molar-refractivity contribution in [3.8, 4) is 0 Å². The highest BCUT2D eigenvalue weighted by Crippen LogP contribution is 2.81. The Hall–Kier alpha value is -2.69. The number of carboxylic acid groups (broad SMARTS) is 1. The lowest BCUT2D eigenvalue weighted by Crippen LogP contribution is -2.83. The van der Waals surface area contributed by atoms with E-state index in [2.05, 4.69) is 10.2 Å². The average Bonchev–Trinajstić information content (AvgIpc) is 3.47. The third-order valence-electron chi connectivity index (χ3n) is 14.3. The molecule has 7 bridgehead atoms. The van der Waals surface area contributed by atoms with Crippen LogP contribution in [0.1, 0.15) is 56.3 Å². The Kier molecular flexibility index (Phi) is 8.94. The number of amides is 1. The molecule has 5 saturated carbocycles. The summed E-state index contributed by atoms with van der Waals surface area (Å²) in [5.74, 6) is -4.69. The molecule has 1 aliphatic heterocycles. The molecule has 0 aromatic heterocycles. The van der Waals surface area contributed by atoms with Crippen molar-refractivity contribution in [2.45, 2.75) is 93.2 Å². The summed E-state index contributed by atoms with van der Waals surface area (Å²) in [5.41, 5.74) is -5.91. The van der Waals surface area contributed by atoms with Crippen molar-refractivity contribution in [3.05, 3.63) is 29.8 Å². The van der Waals surface area contributed by atoms with E-state index in [1.807, 2.05) is 6.92 Å². The lowest BCUT2D eigenvalue weighted by atomic mass is 9.42. The molecule has 14 nitrogen and oxygen atoms in total. The first kappa shape index (κ1) is 36.7. The van der Waals surface area contributed by atoms with Gasteiger partial charge in [0.1, 0.15) is 16.8 Å². The van der Waals surface area contributed by atoms with Crippen LogP contribution in [0.2, 0.25) is 0 Å². The molecule has 14 atom stereocenters. The van der Waals surface area contributed by atoms with Gasteiger partial charge in [0.2, 0.25) is 5.91 Å². The SMILES string of the molecule is CCN1C[C@]2(COC(=O)c3ccccc3NC(=O)C(C)CC(=O)O)CC[C@H](OC)[C@]34C1[C@@](OC)([C@H](O)[C@H]23)[C@@]1(O)C[C@H](OC)[C@@]2(O)C[C@@H]4[C@@H]1[C@H]2OC. The number of esters is 1. The van der Waals surface area contributed by atoms with E-state index in [-0.39, 0.29) is 49.1 Å². The molecule has 1 aromatic rings. The molecular weight excluding hydrogens is 664 g/mol. The van der Waals surface area contributed by atoms with Crippen LogP contribution in [0, 0.1) is 34.5 Å². The first-order valence-electron chi connectivity index (χ1n) is 18.0. The molecule has 1 amide bonds. The van der Waals surface area contributed by atoms with Crippen LogP contribution in [-0.2, 0) is 33.3 Å². The van der Waals surface area contributed by atoms with Crippen LogP contribution in [0.15, 0.2) is 24.3 Å². The predicted molar refractivity (Wildman–Crippen MR) is 180 cm³/mol. The number of likely N-dealkylation sites (tertiary alicyclic amines) is 1. The van der Waals surface area contributed by atoms with E-state index in [1.54, 1.807) is 31.4 Å². The zero-order valence-corrected chi connectivity index (χ0v) is 30.2. The molecule has 14 heteroatoms. The Labute approximate surface area is 297 Å². The minimum Gasteiger partial charge on any atom is -0.481 e. The van der Waals surface area contributed by atoms with E-state index >= 15 is 0 Å². The Bertz CT molecular complexity index is 1580. The average molecular weight is 717 g/mol. The summed E-state index contributed by atoms with van der Waals surface area (Å²) >= 11 is 0. The molecule has 2 unspecified atom stereocenters. The summed E-state index contributed by atoms with van der Waals surface area (Å²) in [6, 6.07) is 5.92. The fraction of sp³-hybridized carbons (Fsp3) is 0.757. The Morgan fingerprint density at radius 1 is 1.04 bits per heavy atom. The Morgan fingerprint density at radius 2 is 1.75 bits per heavy atom. The zero-order chi connectivity index (χ0) is 36.9. The third-order valence-corrected chi connectivity index (χ3v) is 14.3. The number of nitrogens with one attached hydrogen (secondary N) is 1. The second-order valence-electron chi connectivity index (χ2n) is 16.0. The second kappa shape index (κ2) is 12.4. The third kappa shape index (κ3) is 4.48. The van der Waals surface area contributed by atoms with Crippen molar-refractivity contribution < 1.29 is 58.5 Å². The Morgan fingerprint density at radius 3 is 2.37 bits per heavy atom. The minimum absolute atomic E-state index is 0.0377. The van der Waals surface area contributed by atoms with Crippen LogP contribution in [-0.4, -0.2) is 139 Å². The molecule has 7 rings (SSSR count). The summed E-state index contributed by atoms with van der Waals surface area (Å²) in [6.45, 7) is 4.46. The number of aliphatic hydroxyl groups is 3. The van der Waals surface area contributed by atoms with Crippen molar-refractivity contribution in [3.63, 3.8) is 0 Å². The van der Waals surface area contributed by atoms with Crippen LogP contribution in [0.3, 0.4) is 0 Å². The van der Waals surface area contributed by atoms with Gasteiger partial charge in [-0.1, -0.05) is 26.0 Å². The molecule has 5 N–H and O–H groups in total. The summed E-state index contributed by atoms with van der Waals surface area (Å²) in [6.07, 6.45) is -2.09. The summed E-state index contributed by atoms with van der Waals surface area (Å²) in [4.78, 5) is 40.2. The standard InChI is InChI=1S/C37H52N2O12/c1-7-39-17-33(18-51-31(44)20-10-8-9-11-22(20)38-30(43)19(2)14-25(40)41)13-12-23(47-3)36-21-15-34(45)24(48-4)16-35(46,26(21)29(34)49-5)37(50-6,32(36)39)28(42)27(33)36/h8-11,19,21,23-24,26-29,32,42,45-46H,7,12-18H2,1-6H3,(H,38,43)(H,40,41)/t19?,21-,23+,24+,26-,27-,28-,29-,32?,33+,34+,35-,36+,37+/m1/s1. The fourth-order valence-corrected chi connectivity index (χ4v) is 12.8. The maximum Gasteiger partial charge on any atom is 0.340 e. The van der Waals surface area contributed by atoms with E-state index in [9.17, 15) is 29.7 Å². The first-order valence-corrected chi connectivity index (χ1v) is 18.0. The highest BCUT2D eigenvalue weighted by molar-refractivity contribution is 6.02.